The molecule has 2 aromatic rings. The van der Waals surface area contributed by atoms with Crippen LogP contribution >= 0.6 is 11.6 Å². The van der Waals surface area contributed by atoms with Gasteiger partial charge in [0.05, 0.1) is 12.1 Å². The summed E-state index contributed by atoms with van der Waals surface area (Å²) in [7, 11) is -2.19. The lowest BCUT2D eigenvalue weighted by Gasteiger charge is -2.21. The number of rotatable bonds is 5. The van der Waals surface area contributed by atoms with Crippen molar-refractivity contribution in [3.63, 3.8) is 0 Å². The van der Waals surface area contributed by atoms with E-state index in [1.54, 1.807) is 31.4 Å². The fourth-order valence-electron chi connectivity index (χ4n) is 3.14. The van der Waals surface area contributed by atoms with Gasteiger partial charge < -0.3 is 10.1 Å². The van der Waals surface area contributed by atoms with Gasteiger partial charge in [0.15, 0.2) is 0 Å². The summed E-state index contributed by atoms with van der Waals surface area (Å²) in [5.74, 6) is 0.268. The highest BCUT2D eigenvalue weighted by atomic mass is 35.5. The van der Waals surface area contributed by atoms with Crippen molar-refractivity contribution in [1.82, 2.24) is 4.31 Å². The fraction of sp³-hybridized carbons (Fsp3) is 0.350. The van der Waals surface area contributed by atoms with Gasteiger partial charge in [-0.15, -0.1) is 0 Å². The molecular formula is C20H23ClN2O4S. The molecule has 0 saturated carbocycles. The van der Waals surface area contributed by atoms with E-state index in [0.717, 1.165) is 25.7 Å². The van der Waals surface area contributed by atoms with E-state index < -0.39 is 15.9 Å². The van der Waals surface area contributed by atoms with Gasteiger partial charge in [0, 0.05) is 24.3 Å². The Labute approximate surface area is 170 Å². The minimum absolute atomic E-state index is 0.0292. The number of hydrogen-bond acceptors (Lipinski definition) is 4. The van der Waals surface area contributed by atoms with Gasteiger partial charge in [0.1, 0.15) is 10.6 Å². The zero-order valence-corrected chi connectivity index (χ0v) is 17.2. The van der Waals surface area contributed by atoms with Crippen LogP contribution in [0.5, 0.6) is 5.75 Å². The highest BCUT2D eigenvalue weighted by molar-refractivity contribution is 7.89. The third-order valence-corrected chi connectivity index (χ3v) is 7.10. The third kappa shape index (κ3) is 4.66. The van der Waals surface area contributed by atoms with E-state index >= 15 is 0 Å². The normalized spacial score (nSPS) is 15.6. The molecule has 1 fully saturated rings. The lowest BCUT2D eigenvalue weighted by molar-refractivity contribution is 0.102. The Morgan fingerprint density at radius 2 is 1.68 bits per heavy atom. The van der Waals surface area contributed by atoms with Crippen molar-refractivity contribution in [3.8, 4) is 5.75 Å². The van der Waals surface area contributed by atoms with Crippen molar-refractivity contribution in [2.75, 3.05) is 25.5 Å². The lowest BCUT2D eigenvalue weighted by Crippen LogP contribution is -2.32. The standard InChI is InChI=1S/C20H23ClN2O4S/c1-27-17-9-7-16(8-10-17)22-20(24)15-6-11-18(21)19(14-15)28(25,26)23-12-4-2-3-5-13-23/h6-11,14H,2-5,12-13H2,1H3,(H,22,24). The van der Waals surface area contributed by atoms with Gasteiger partial charge in [0.25, 0.3) is 5.91 Å². The van der Waals surface area contributed by atoms with Gasteiger partial charge in [0.2, 0.25) is 10.0 Å². The second-order valence-corrected chi connectivity index (χ2v) is 8.96. The number of ether oxygens (including phenoxy) is 1. The molecule has 0 aliphatic carbocycles. The zero-order valence-electron chi connectivity index (χ0n) is 15.7. The number of nitrogens with one attached hydrogen (secondary N) is 1. The number of hydrogen-bond donors (Lipinski definition) is 1. The predicted molar refractivity (Wildman–Crippen MR) is 110 cm³/mol. The molecule has 0 radical (unpaired) electrons. The molecule has 3 rings (SSSR count). The molecule has 1 aliphatic rings. The molecule has 6 nitrogen and oxygen atoms in total. The van der Waals surface area contributed by atoms with Crippen molar-refractivity contribution in [2.45, 2.75) is 30.6 Å². The molecule has 0 spiro atoms. The number of amides is 1. The number of sulfonamides is 1. The monoisotopic (exact) mass is 422 g/mol. The van der Waals surface area contributed by atoms with E-state index in [0.29, 0.717) is 24.5 Å². The van der Waals surface area contributed by atoms with Crippen molar-refractivity contribution in [2.24, 2.45) is 0 Å². The average Bonchev–Trinajstić information content (AvgIpc) is 2.99. The Kier molecular flexibility index (Phi) is 6.59. The van der Waals surface area contributed by atoms with E-state index in [1.165, 1.54) is 22.5 Å². The Morgan fingerprint density at radius 3 is 2.29 bits per heavy atom. The van der Waals surface area contributed by atoms with Gasteiger partial charge >= 0.3 is 0 Å². The molecule has 0 bridgehead atoms. The van der Waals surface area contributed by atoms with Crippen LogP contribution < -0.4 is 10.1 Å². The molecule has 0 aromatic heterocycles. The van der Waals surface area contributed by atoms with E-state index in [1.807, 2.05) is 0 Å². The van der Waals surface area contributed by atoms with Crippen LogP contribution in [0.3, 0.4) is 0 Å². The number of anilines is 1. The molecule has 1 amide bonds. The van der Waals surface area contributed by atoms with Gasteiger partial charge in [-0.05, 0) is 55.3 Å². The molecule has 0 atom stereocenters. The summed E-state index contributed by atoms with van der Waals surface area (Å²) in [5, 5.41) is 2.87. The Bertz CT molecular complexity index is 937. The van der Waals surface area contributed by atoms with Crippen LogP contribution in [0.25, 0.3) is 0 Å². The fourth-order valence-corrected chi connectivity index (χ4v) is 5.16. The molecule has 1 heterocycles. The summed E-state index contributed by atoms with van der Waals surface area (Å²) < 4.78 is 32.7. The van der Waals surface area contributed by atoms with Crippen LogP contribution in [0.1, 0.15) is 36.0 Å². The average molecular weight is 423 g/mol. The van der Waals surface area contributed by atoms with E-state index in [2.05, 4.69) is 5.32 Å². The number of carbonyl (C=O) groups is 1. The van der Waals surface area contributed by atoms with E-state index in [4.69, 9.17) is 16.3 Å². The highest BCUT2D eigenvalue weighted by Gasteiger charge is 2.28. The second kappa shape index (κ2) is 8.94. The first kappa shape index (κ1) is 20.6. The molecule has 1 saturated heterocycles. The summed E-state index contributed by atoms with van der Waals surface area (Å²) in [6.07, 6.45) is 3.69. The summed E-state index contributed by atoms with van der Waals surface area (Å²) >= 11 is 6.19. The maximum atomic E-state index is 13.1. The predicted octanol–water partition coefficient (Wildman–Crippen LogP) is 4.17. The largest absolute Gasteiger partial charge is 0.497 e. The molecule has 1 aliphatic heterocycles. The van der Waals surface area contributed by atoms with Crippen LogP contribution in [-0.4, -0.2) is 38.8 Å². The van der Waals surface area contributed by atoms with Crippen LogP contribution in [0, 0.1) is 0 Å². The molecular weight excluding hydrogens is 400 g/mol. The first-order valence-electron chi connectivity index (χ1n) is 9.17. The summed E-state index contributed by atoms with van der Waals surface area (Å²) in [6.45, 7) is 0.946. The van der Waals surface area contributed by atoms with E-state index in [9.17, 15) is 13.2 Å². The third-order valence-electron chi connectivity index (χ3n) is 4.72. The Hall–Kier alpha value is -2.09. The summed E-state index contributed by atoms with van der Waals surface area (Å²) in [6, 6.07) is 11.2. The van der Waals surface area contributed by atoms with Crippen molar-refractivity contribution >= 4 is 33.2 Å². The number of nitrogens with zero attached hydrogens (tertiary/aromatic N) is 1. The maximum Gasteiger partial charge on any atom is 0.255 e. The number of carbonyl (C=O) groups excluding carboxylic acids is 1. The van der Waals surface area contributed by atoms with Crippen molar-refractivity contribution in [1.29, 1.82) is 0 Å². The highest BCUT2D eigenvalue weighted by Crippen LogP contribution is 2.28. The smallest absolute Gasteiger partial charge is 0.255 e. The number of benzene rings is 2. The molecule has 8 heteroatoms. The minimum Gasteiger partial charge on any atom is -0.497 e. The Morgan fingerprint density at radius 1 is 1.04 bits per heavy atom. The van der Waals surface area contributed by atoms with Gasteiger partial charge in [-0.2, -0.15) is 4.31 Å². The SMILES string of the molecule is COc1ccc(NC(=O)c2ccc(Cl)c(S(=O)(=O)N3CCCCCC3)c2)cc1. The van der Waals surface area contributed by atoms with Crippen molar-refractivity contribution < 1.29 is 17.9 Å². The summed E-state index contributed by atoms with van der Waals surface area (Å²) in [4.78, 5) is 12.6. The first-order valence-corrected chi connectivity index (χ1v) is 11.0. The van der Waals surface area contributed by atoms with Gasteiger partial charge in [-0.1, -0.05) is 24.4 Å². The zero-order chi connectivity index (χ0) is 20.1. The quantitative estimate of drug-likeness (QED) is 0.784. The first-order chi connectivity index (χ1) is 13.4. The molecule has 150 valence electrons. The van der Waals surface area contributed by atoms with Crippen molar-refractivity contribution in [3.05, 3.63) is 53.1 Å². The molecule has 1 N–H and O–H groups in total. The maximum absolute atomic E-state index is 13.1. The number of halogens is 1. The van der Waals surface area contributed by atoms with Gasteiger partial charge in [-0.25, -0.2) is 8.42 Å². The molecule has 0 unspecified atom stereocenters. The number of methoxy groups -OCH3 is 1. The van der Waals surface area contributed by atoms with Gasteiger partial charge in [-0.3, -0.25) is 4.79 Å². The lowest BCUT2D eigenvalue weighted by atomic mass is 10.2. The van der Waals surface area contributed by atoms with Crippen LogP contribution in [0.15, 0.2) is 47.4 Å². The topological polar surface area (TPSA) is 75.7 Å². The summed E-state index contributed by atoms with van der Waals surface area (Å²) in [5.41, 5.74) is 0.811. The van der Waals surface area contributed by atoms with E-state index in [-0.39, 0.29) is 15.5 Å². The van der Waals surface area contributed by atoms with Crippen LogP contribution in [0.2, 0.25) is 5.02 Å². The van der Waals surface area contributed by atoms with Crippen LogP contribution in [0.4, 0.5) is 5.69 Å². The molecule has 2 aromatic carbocycles. The minimum atomic E-state index is -3.75. The second-order valence-electron chi connectivity index (χ2n) is 6.65. The molecule has 28 heavy (non-hydrogen) atoms. The Balaban J connectivity index is 1.84. The van der Waals surface area contributed by atoms with Crippen LogP contribution in [-0.2, 0) is 10.0 Å².